The molecule has 1 atom stereocenters. The summed E-state index contributed by atoms with van der Waals surface area (Å²) in [6.07, 6.45) is 2.21. The number of sulfonamides is 1. The Labute approximate surface area is 164 Å². The van der Waals surface area contributed by atoms with Gasteiger partial charge in [-0.25, -0.2) is 27.2 Å². The maximum absolute atomic E-state index is 12.5. The minimum Gasteiger partial charge on any atom is -0.383 e. The molecule has 0 unspecified atom stereocenters. The van der Waals surface area contributed by atoms with Gasteiger partial charge in [0.15, 0.2) is 0 Å². The van der Waals surface area contributed by atoms with Gasteiger partial charge in [-0.05, 0) is 24.3 Å². The summed E-state index contributed by atoms with van der Waals surface area (Å²) in [7, 11) is -3.72. The zero-order chi connectivity index (χ0) is 20.4. The van der Waals surface area contributed by atoms with Crippen molar-refractivity contribution in [3.63, 3.8) is 0 Å². The third-order valence-electron chi connectivity index (χ3n) is 5.30. The number of carbonyl (C=O) groups is 2. The van der Waals surface area contributed by atoms with Crippen LogP contribution in [0.25, 0.3) is 0 Å². The van der Waals surface area contributed by atoms with E-state index in [-0.39, 0.29) is 25.6 Å². The smallest absolute Gasteiger partial charge is 0.341 e. The van der Waals surface area contributed by atoms with Crippen LogP contribution in [0, 0.1) is 5.92 Å². The van der Waals surface area contributed by atoms with Gasteiger partial charge in [0.25, 0.3) is 0 Å². The van der Waals surface area contributed by atoms with Crippen molar-refractivity contribution in [1.29, 1.82) is 0 Å². The van der Waals surface area contributed by atoms with Crippen molar-refractivity contribution in [3.8, 4) is 0 Å². The summed E-state index contributed by atoms with van der Waals surface area (Å²) in [6, 6.07) is 7.47. The van der Waals surface area contributed by atoms with Gasteiger partial charge in [-0.3, -0.25) is 0 Å². The van der Waals surface area contributed by atoms with E-state index in [1.807, 2.05) is 18.2 Å². The van der Waals surface area contributed by atoms with E-state index in [4.69, 9.17) is 4.74 Å². The first kappa shape index (κ1) is 20.6. The lowest BCUT2D eigenvalue weighted by atomic mass is 9.77. The Kier molecular flexibility index (Phi) is 5.92. The molecule has 3 rings (SSSR count). The molecule has 154 valence electrons. The Morgan fingerprint density at radius 3 is 2.46 bits per heavy atom. The Morgan fingerprint density at radius 1 is 1.25 bits per heavy atom. The molecule has 0 aliphatic carbocycles. The molecule has 4 amide bonds. The zero-order valence-corrected chi connectivity index (χ0v) is 16.5. The second kappa shape index (κ2) is 8.06. The third-order valence-corrected chi connectivity index (χ3v) is 6.44. The van der Waals surface area contributed by atoms with E-state index < -0.39 is 27.7 Å². The second-order valence-electron chi connectivity index (χ2n) is 7.10. The molecule has 2 N–H and O–H groups in total. The highest BCUT2D eigenvalue weighted by atomic mass is 32.2. The zero-order valence-electron chi connectivity index (χ0n) is 15.7. The first-order valence-electron chi connectivity index (χ1n) is 9.16. The van der Waals surface area contributed by atoms with E-state index in [2.05, 4.69) is 5.32 Å². The quantitative estimate of drug-likeness (QED) is 0.737. The second-order valence-corrected chi connectivity index (χ2v) is 9.01. The van der Waals surface area contributed by atoms with Crippen LogP contribution >= 0.6 is 0 Å². The van der Waals surface area contributed by atoms with Crippen molar-refractivity contribution in [1.82, 2.24) is 14.5 Å². The highest BCUT2D eigenvalue weighted by molar-refractivity contribution is 7.88. The van der Waals surface area contributed by atoms with Gasteiger partial charge < -0.3 is 15.2 Å². The summed E-state index contributed by atoms with van der Waals surface area (Å²) in [5.74, 6) is -0.120. The molecule has 2 aliphatic rings. The van der Waals surface area contributed by atoms with Crippen LogP contribution in [0.4, 0.5) is 9.59 Å². The molecule has 2 fully saturated rings. The van der Waals surface area contributed by atoms with Crippen molar-refractivity contribution in [2.45, 2.75) is 18.4 Å². The average Bonchev–Trinajstić information content (AvgIpc) is 3.09. The van der Waals surface area contributed by atoms with Gasteiger partial charge in [-0.1, -0.05) is 30.3 Å². The topological polar surface area (TPSA) is 116 Å². The van der Waals surface area contributed by atoms with Crippen LogP contribution in [-0.4, -0.2) is 73.9 Å². The number of nitrogens with one attached hydrogen (secondary N) is 1. The van der Waals surface area contributed by atoms with E-state index in [1.165, 1.54) is 0 Å². The van der Waals surface area contributed by atoms with Crippen LogP contribution in [-0.2, 0) is 20.4 Å². The fraction of sp³-hybridized carbons (Fsp3) is 0.556. The van der Waals surface area contributed by atoms with Gasteiger partial charge in [-0.15, -0.1) is 0 Å². The van der Waals surface area contributed by atoms with E-state index in [0.717, 1.165) is 11.2 Å². The summed E-state index contributed by atoms with van der Waals surface area (Å²) in [5.41, 5.74) is -0.646. The molecular weight excluding hydrogens is 386 g/mol. The van der Waals surface area contributed by atoms with Gasteiger partial charge >= 0.3 is 12.1 Å². The van der Waals surface area contributed by atoms with E-state index in [1.54, 1.807) is 12.1 Å². The lowest BCUT2D eigenvalue weighted by molar-refractivity contribution is -0.0678. The standard InChI is InChI=1S/C18H25N3O6S/c1-28(25,26)21-10-9-20(17(21)23)16(22)19-13-18(24,14-5-3-2-4-6-14)15-7-11-27-12-8-15/h2-6,15,24H,7-13H2,1H3,(H,19,22)/t18-/m1/s1. The Hall–Kier alpha value is -2.17. The van der Waals surface area contributed by atoms with Crippen LogP contribution in [0.2, 0.25) is 0 Å². The predicted octanol–water partition coefficient (Wildman–Crippen LogP) is 0.708. The number of hydrogen-bond donors (Lipinski definition) is 2. The van der Waals surface area contributed by atoms with Crippen LogP contribution in [0.3, 0.4) is 0 Å². The number of rotatable bonds is 5. The van der Waals surface area contributed by atoms with Crippen molar-refractivity contribution < 1.29 is 27.9 Å². The Morgan fingerprint density at radius 2 is 1.89 bits per heavy atom. The molecule has 2 heterocycles. The van der Waals surface area contributed by atoms with Crippen molar-refractivity contribution in [2.24, 2.45) is 5.92 Å². The number of benzene rings is 1. The monoisotopic (exact) mass is 411 g/mol. The van der Waals surface area contributed by atoms with Gasteiger partial charge in [0.05, 0.1) is 25.9 Å². The fourth-order valence-corrected chi connectivity index (χ4v) is 4.50. The number of amides is 4. The SMILES string of the molecule is CS(=O)(=O)N1CCN(C(=O)NC[C@@](O)(c2ccccc2)C2CCOCC2)C1=O. The lowest BCUT2D eigenvalue weighted by Crippen LogP contribution is -2.51. The fourth-order valence-electron chi connectivity index (χ4n) is 3.70. The van der Waals surface area contributed by atoms with Gasteiger partial charge in [0.1, 0.15) is 5.60 Å². The number of hydrogen-bond acceptors (Lipinski definition) is 6. The predicted molar refractivity (Wildman–Crippen MR) is 101 cm³/mol. The average molecular weight is 411 g/mol. The summed E-state index contributed by atoms with van der Waals surface area (Å²) in [5, 5.41) is 14.1. The molecule has 1 aromatic carbocycles. The minimum atomic E-state index is -3.72. The van der Waals surface area contributed by atoms with E-state index in [0.29, 0.717) is 35.9 Å². The third kappa shape index (κ3) is 4.13. The lowest BCUT2D eigenvalue weighted by Gasteiger charge is -2.39. The number of carbonyl (C=O) groups excluding carboxylic acids is 2. The van der Waals surface area contributed by atoms with Gasteiger partial charge in [-0.2, -0.15) is 0 Å². The summed E-state index contributed by atoms with van der Waals surface area (Å²) >= 11 is 0. The molecule has 9 nitrogen and oxygen atoms in total. The normalized spacial score (nSPS) is 20.9. The van der Waals surface area contributed by atoms with Crippen LogP contribution < -0.4 is 5.32 Å². The number of urea groups is 2. The van der Waals surface area contributed by atoms with Crippen LogP contribution in [0.1, 0.15) is 18.4 Å². The molecule has 1 aromatic rings. The Balaban J connectivity index is 1.74. The van der Waals surface area contributed by atoms with E-state index in [9.17, 15) is 23.1 Å². The molecule has 2 aliphatic heterocycles. The van der Waals surface area contributed by atoms with Crippen molar-refractivity contribution >= 4 is 22.1 Å². The summed E-state index contributed by atoms with van der Waals surface area (Å²) in [4.78, 5) is 25.6. The molecule has 0 radical (unpaired) electrons. The number of imide groups is 1. The summed E-state index contributed by atoms with van der Waals surface area (Å²) < 4.78 is 29.3. The highest BCUT2D eigenvalue weighted by Crippen LogP contribution is 2.35. The first-order chi connectivity index (χ1) is 13.2. The Bertz CT molecular complexity index is 825. The number of ether oxygens (including phenoxy) is 1. The maximum Gasteiger partial charge on any atom is 0.341 e. The molecule has 10 heteroatoms. The van der Waals surface area contributed by atoms with Crippen LogP contribution in [0.5, 0.6) is 0 Å². The number of aliphatic hydroxyl groups is 1. The molecule has 0 bridgehead atoms. The molecular formula is C18H25N3O6S. The minimum absolute atomic E-state index is 0.0290. The van der Waals surface area contributed by atoms with Crippen molar-refractivity contribution in [2.75, 3.05) is 39.1 Å². The van der Waals surface area contributed by atoms with Crippen LogP contribution in [0.15, 0.2) is 30.3 Å². The largest absolute Gasteiger partial charge is 0.383 e. The van der Waals surface area contributed by atoms with Gasteiger partial charge in [0.2, 0.25) is 10.0 Å². The van der Waals surface area contributed by atoms with Gasteiger partial charge in [0, 0.05) is 13.2 Å². The molecule has 0 spiro atoms. The molecule has 0 saturated carbocycles. The molecule has 0 aromatic heterocycles. The highest BCUT2D eigenvalue weighted by Gasteiger charge is 2.42. The summed E-state index contributed by atoms with van der Waals surface area (Å²) in [6.45, 7) is 0.860. The van der Waals surface area contributed by atoms with E-state index >= 15 is 0 Å². The molecule has 2 saturated heterocycles. The maximum atomic E-state index is 12.5. The molecule has 28 heavy (non-hydrogen) atoms. The first-order valence-corrected chi connectivity index (χ1v) is 11.0. The number of nitrogens with zero attached hydrogens (tertiary/aromatic N) is 2. The van der Waals surface area contributed by atoms with Crippen molar-refractivity contribution in [3.05, 3.63) is 35.9 Å².